The number of hydrogen-bond acceptors (Lipinski definition) is 3. The van der Waals surface area contributed by atoms with Crippen LogP contribution in [0.1, 0.15) is 38.2 Å². The molecule has 2 unspecified atom stereocenters. The van der Waals surface area contributed by atoms with Gasteiger partial charge in [-0.15, -0.1) is 0 Å². The van der Waals surface area contributed by atoms with E-state index in [1.54, 1.807) is 12.1 Å². The Morgan fingerprint density at radius 3 is 2.48 bits per heavy atom. The molecule has 0 spiro atoms. The maximum atomic E-state index is 12.5. The molecule has 1 saturated carbocycles. The van der Waals surface area contributed by atoms with Crippen molar-refractivity contribution in [2.24, 2.45) is 5.92 Å². The lowest BCUT2D eigenvalue weighted by molar-refractivity contribution is -0.146. The van der Waals surface area contributed by atoms with Crippen LogP contribution in [0.2, 0.25) is 0 Å². The Kier molecular flexibility index (Phi) is 4.39. The molecule has 6 heteroatoms. The lowest BCUT2D eigenvalue weighted by Gasteiger charge is -2.36. The third-order valence-corrected chi connectivity index (χ3v) is 5.62. The molecule has 0 heterocycles. The first-order valence-electron chi connectivity index (χ1n) is 7.09. The lowest BCUT2D eigenvalue weighted by Crippen LogP contribution is -2.56. The van der Waals surface area contributed by atoms with E-state index in [-0.39, 0.29) is 10.8 Å². The second-order valence-corrected chi connectivity index (χ2v) is 7.69. The molecule has 0 saturated heterocycles. The van der Waals surface area contributed by atoms with Crippen LogP contribution in [0.25, 0.3) is 0 Å². The summed E-state index contributed by atoms with van der Waals surface area (Å²) in [6, 6.07) is 6.40. The fraction of sp³-hybridized carbons (Fsp3) is 0.533. The van der Waals surface area contributed by atoms with Crippen molar-refractivity contribution in [3.05, 3.63) is 29.8 Å². The zero-order valence-electron chi connectivity index (χ0n) is 12.3. The summed E-state index contributed by atoms with van der Waals surface area (Å²) in [7, 11) is -3.83. The van der Waals surface area contributed by atoms with E-state index in [9.17, 15) is 18.3 Å². The van der Waals surface area contributed by atoms with Crippen molar-refractivity contribution in [3.8, 4) is 0 Å². The SMILES string of the molecule is Cc1ccc(S(=O)(=O)NC2(C(=O)O)CCCC(C)C2)cc1. The highest BCUT2D eigenvalue weighted by Gasteiger charge is 2.45. The van der Waals surface area contributed by atoms with E-state index < -0.39 is 21.5 Å². The molecule has 1 aliphatic carbocycles. The molecule has 116 valence electrons. The van der Waals surface area contributed by atoms with Crippen LogP contribution in [-0.2, 0) is 14.8 Å². The van der Waals surface area contributed by atoms with Crippen LogP contribution in [0.15, 0.2) is 29.2 Å². The average molecular weight is 311 g/mol. The second-order valence-electron chi connectivity index (χ2n) is 6.01. The fourth-order valence-corrected chi connectivity index (χ4v) is 4.31. The summed E-state index contributed by atoms with van der Waals surface area (Å²) < 4.78 is 27.4. The minimum Gasteiger partial charge on any atom is -0.480 e. The quantitative estimate of drug-likeness (QED) is 0.893. The van der Waals surface area contributed by atoms with Crippen LogP contribution in [0.3, 0.4) is 0 Å². The molecule has 5 nitrogen and oxygen atoms in total. The Morgan fingerprint density at radius 2 is 1.95 bits per heavy atom. The third kappa shape index (κ3) is 3.44. The second kappa shape index (κ2) is 5.77. The summed E-state index contributed by atoms with van der Waals surface area (Å²) >= 11 is 0. The average Bonchev–Trinajstić information content (AvgIpc) is 2.38. The highest BCUT2D eigenvalue weighted by Crippen LogP contribution is 2.33. The Hall–Kier alpha value is -1.40. The van der Waals surface area contributed by atoms with Gasteiger partial charge in [-0.2, -0.15) is 4.72 Å². The number of hydrogen-bond donors (Lipinski definition) is 2. The number of carboxylic acids is 1. The Labute approximate surface area is 125 Å². The minimum absolute atomic E-state index is 0.104. The smallest absolute Gasteiger partial charge is 0.324 e. The zero-order valence-corrected chi connectivity index (χ0v) is 13.1. The predicted octanol–water partition coefficient (Wildman–Crippen LogP) is 2.31. The van der Waals surface area contributed by atoms with Gasteiger partial charge in [0.15, 0.2) is 0 Å². The van der Waals surface area contributed by atoms with Crippen molar-refractivity contribution >= 4 is 16.0 Å². The van der Waals surface area contributed by atoms with Crippen molar-refractivity contribution in [1.82, 2.24) is 4.72 Å². The fourth-order valence-electron chi connectivity index (χ4n) is 2.92. The summed E-state index contributed by atoms with van der Waals surface area (Å²) in [6.45, 7) is 3.82. The van der Waals surface area contributed by atoms with Gasteiger partial charge in [-0.05, 0) is 37.8 Å². The summed E-state index contributed by atoms with van der Waals surface area (Å²) in [5, 5.41) is 9.53. The van der Waals surface area contributed by atoms with Crippen molar-refractivity contribution in [2.45, 2.75) is 50.0 Å². The first-order chi connectivity index (χ1) is 9.75. The van der Waals surface area contributed by atoms with Gasteiger partial charge in [0.2, 0.25) is 10.0 Å². The lowest BCUT2D eigenvalue weighted by atomic mass is 9.77. The minimum atomic E-state index is -3.83. The molecule has 2 N–H and O–H groups in total. The molecule has 1 aliphatic rings. The van der Waals surface area contributed by atoms with Crippen LogP contribution >= 0.6 is 0 Å². The number of aliphatic carboxylic acids is 1. The molecule has 1 aromatic carbocycles. The maximum absolute atomic E-state index is 12.5. The van der Waals surface area contributed by atoms with E-state index >= 15 is 0 Å². The molecule has 0 aromatic heterocycles. The molecule has 0 bridgehead atoms. The van der Waals surface area contributed by atoms with Gasteiger partial charge >= 0.3 is 5.97 Å². The molecule has 1 aromatic rings. The molecule has 0 aliphatic heterocycles. The van der Waals surface area contributed by atoms with Crippen molar-refractivity contribution in [2.75, 3.05) is 0 Å². The van der Waals surface area contributed by atoms with Gasteiger partial charge in [0.1, 0.15) is 5.54 Å². The summed E-state index contributed by atoms with van der Waals surface area (Å²) in [5.74, 6) is -0.902. The summed E-state index contributed by atoms with van der Waals surface area (Å²) in [5.41, 5.74) is -0.435. The molecule has 1 fully saturated rings. The highest BCUT2D eigenvalue weighted by molar-refractivity contribution is 7.89. The van der Waals surface area contributed by atoms with Crippen LogP contribution in [0.4, 0.5) is 0 Å². The predicted molar refractivity (Wildman–Crippen MR) is 79.5 cm³/mol. The van der Waals surface area contributed by atoms with Crippen LogP contribution in [-0.4, -0.2) is 25.0 Å². The number of rotatable bonds is 4. The van der Waals surface area contributed by atoms with E-state index in [4.69, 9.17) is 0 Å². The molecule has 2 atom stereocenters. The number of sulfonamides is 1. The standard InChI is InChI=1S/C15H21NO4S/c1-11-5-7-13(8-6-11)21(19,20)16-15(14(17)18)9-3-4-12(2)10-15/h5-8,12,16H,3-4,9-10H2,1-2H3,(H,17,18). The number of nitrogens with one attached hydrogen (secondary N) is 1. The topological polar surface area (TPSA) is 83.5 Å². The Balaban J connectivity index is 2.32. The van der Waals surface area contributed by atoms with E-state index in [2.05, 4.69) is 4.72 Å². The van der Waals surface area contributed by atoms with Gasteiger partial charge in [0, 0.05) is 0 Å². The van der Waals surface area contributed by atoms with Gasteiger partial charge < -0.3 is 5.11 Å². The number of benzene rings is 1. The van der Waals surface area contributed by atoms with Gasteiger partial charge in [0.25, 0.3) is 0 Å². The van der Waals surface area contributed by atoms with E-state index in [0.717, 1.165) is 12.0 Å². The Morgan fingerprint density at radius 1 is 1.33 bits per heavy atom. The first kappa shape index (κ1) is 16.0. The molecular formula is C15H21NO4S. The van der Waals surface area contributed by atoms with Gasteiger partial charge in [-0.25, -0.2) is 8.42 Å². The number of carbonyl (C=O) groups is 1. The van der Waals surface area contributed by atoms with Crippen molar-refractivity contribution in [3.63, 3.8) is 0 Å². The van der Waals surface area contributed by atoms with E-state index in [1.807, 2.05) is 13.8 Å². The highest BCUT2D eigenvalue weighted by atomic mass is 32.2. The normalized spacial score (nSPS) is 26.5. The molecule has 2 rings (SSSR count). The monoisotopic (exact) mass is 311 g/mol. The molecular weight excluding hydrogens is 290 g/mol. The van der Waals surface area contributed by atoms with Gasteiger partial charge in [0.05, 0.1) is 4.90 Å². The van der Waals surface area contributed by atoms with Crippen LogP contribution in [0.5, 0.6) is 0 Å². The maximum Gasteiger partial charge on any atom is 0.324 e. The first-order valence-corrected chi connectivity index (χ1v) is 8.57. The summed E-state index contributed by atoms with van der Waals surface area (Å²) in [4.78, 5) is 11.8. The third-order valence-electron chi connectivity index (χ3n) is 4.07. The largest absolute Gasteiger partial charge is 0.480 e. The van der Waals surface area contributed by atoms with Gasteiger partial charge in [-0.1, -0.05) is 37.5 Å². The zero-order chi connectivity index (χ0) is 15.7. The van der Waals surface area contributed by atoms with Crippen LogP contribution < -0.4 is 4.72 Å². The van der Waals surface area contributed by atoms with Crippen molar-refractivity contribution < 1.29 is 18.3 Å². The van der Waals surface area contributed by atoms with Gasteiger partial charge in [-0.3, -0.25) is 4.79 Å². The van der Waals surface area contributed by atoms with E-state index in [0.29, 0.717) is 19.3 Å². The van der Waals surface area contributed by atoms with E-state index in [1.165, 1.54) is 12.1 Å². The van der Waals surface area contributed by atoms with Crippen molar-refractivity contribution in [1.29, 1.82) is 0 Å². The Bertz CT molecular complexity index is 624. The number of carboxylic acid groups (broad SMARTS) is 1. The number of aryl methyl sites for hydroxylation is 1. The summed E-state index contributed by atoms with van der Waals surface area (Å²) in [6.07, 6.45) is 2.30. The molecule has 0 radical (unpaired) electrons. The molecule has 0 amide bonds. The molecule has 21 heavy (non-hydrogen) atoms. The van der Waals surface area contributed by atoms with Crippen LogP contribution in [0, 0.1) is 12.8 Å².